The highest BCUT2D eigenvalue weighted by molar-refractivity contribution is 6.01. The Morgan fingerprint density at radius 2 is 1.83 bits per heavy atom. The fraction of sp³-hybridized carbons (Fsp3) is 0.222. The zero-order valence-electron chi connectivity index (χ0n) is 13.1. The van der Waals surface area contributed by atoms with Crippen LogP contribution in [0.25, 0.3) is 0 Å². The minimum atomic E-state index is -0.689. The van der Waals surface area contributed by atoms with Crippen LogP contribution in [-0.4, -0.2) is 25.0 Å². The fourth-order valence-corrected chi connectivity index (χ4v) is 2.03. The third-order valence-corrected chi connectivity index (χ3v) is 3.29. The number of ketones is 1. The van der Waals surface area contributed by atoms with Crippen molar-refractivity contribution in [2.75, 3.05) is 7.11 Å². The molecular formula is C18H19NO4. The van der Waals surface area contributed by atoms with Crippen LogP contribution < -0.4 is 10.1 Å². The molecule has 0 bridgehead atoms. The SMILES string of the molecule is COc1cccc(C(=O)C(C)NC(=O)OCc2ccccc2)c1. The zero-order valence-corrected chi connectivity index (χ0v) is 13.1. The van der Waals surface area contributed by atoms with Gasteiger partial charge in [-0.1, -0.05) is 42.5 Å². The molecular weight excluding hydrogens is 294 g/mol. The predicted molar refractivity (Wildman–Crippen MR) is 86.5 cm³/mol. The summed E-state index contributed by atoms with van der Waals surface area (Å²) in [5, 5.41) is 2.53. The largest absolute Gasteiger partial charge is 0.497 e. The summed E-state index contributed by atoms with van der Waals surface area (Å²) in [6.45, 7) is 1.78. The molecule has 0 aromatic heterocycles. The van der Waals surface area contributed by atoms with Gasteiger partial charge < -0.3 is 14.8 Å². The molecule has 1 amide bonds. The van der Waals surface area contributed by atoms with Crippen LogP contribution in [0.2, 0.25) is 0 Å². The maximum atomic E-state index is 12.3. The quantitative estimate of drug-likeness (QED) is 0.832. The minimum Gasteiger partial charge on any atom is -0.497 e. The smallest absolute Gasteiger partial charge is 0.408 e. The number of Topliss-reactive ketones (excluding diaryl/α,β-unsaturated/α-hetero) is 1. The number of carbonyl (C=O) groups is 2. The van der Waals surface area contributed by atoms with E-state index in [1.807, 2.05) is 30.3 Å². The Balaban J connectivity index is 1.88. The number of nitrogens with one attached hydrogen (secondary N) is 1. The first-order valence-electron chi connectivity index (χ1n) is 7.25. The van der Waals surface area contributed by atoms with E-state index in [9.17, 15) is 9.59 Å². The van der Waals surface area contributed by atoms with Crippen molar-refractivity contribution >= 4 is 11.9 Å². The maximum Gasteiger partial charge on any atom is 0.408 e. The molecule has 0 saturated heterocycles. The molecule has 23 heavy (non-hydrogen) atoms. The van der Waals surface area contributed by atoms with Gasteiger partial charge in [0.1, 0.15) is 12.4 Å². The molecule has 1 unspecified atom stereocenters. The topological polar surface area (TPSA) is 64.6 Å². The van der Waals surface area contributed by atoms with Crippen LogP contribution in [0.5, 0.6) is 5.75 Å². The lowest BCUT2D eigenvalue weighted by atomic mass is 10.1. The van der Waals surface area contributed by atoms with E-state index < -0.39 is 12.1 Å². The Kier molecular flexibility index (Phi) is 5.74. The van der Waals surface area contributed by atoms with E-state index in [0.29, 0.717) is 11.3 Å². The summed E-state index contributed by atoms with van der Waals surface area (Å²) in [5.41, 5.74) is 1.36. The predicted octanol–water partition coefficient (Wildman–Crippen LogP) is 3.19. The van der Waals surface area contributed by atoms with E-state index >= 15 is 0 Å². The van der Waals surface area contributed by atoms with E-state index in [4.69, 9.17) is 9.47 Å². The molecule has 0 spiro atoms. The van der Waals surface area contributed by atoms with E-state index in [1.165, 1.54) is 7.11 Å². The van der Waals surface area contributed by atoms with Gasteiger partial charge in [-0.3, -0.25) is 4.79 Å². The summed E-state index contributed by atoms with van der Waals surface area (Å²) in [6.07, 6.45) is -0.627. The van der Waals surface area contributed by atoms with Crippen LogP contribution >= 0.6 is 0 Å². The number of benzene rings is 2. The van der Waals surface area contributed by atoms with Crippen LogP contribution in [0, 0.1) is 0 Å². The van der Waals surface area contributed by atoms with Gasteiger partial charge >= 0.3 is 6.09 Å². The van der Waals surface area contributed by atoms with Crippen molar-refractivity contribution in [2.45, 2.75) is 19.6 Å². The Bertz CT molecular complexity index is 670. The molecule has 0 radical (unpaired) electrons. The van der Waals surface area contributed by atoms with Gasteiger partial charge in [0.15, 0.2) is 5.78 Å². The third-order valence-electron chi connectivity index (χ3n) is 3.29. The first-order valence-corrected chi connectivity index (χ1v) is 7.25. The summed E-state index contributed by atoms with van der Waals surface area (Å²) < 4.78 is 10.2. The molecule has 5 heteroatoms. The van der Waals surface area contributed by atoms with Crippen LogP contribution in [0.4, 0.5) is 4.79 Å². The number of methoxy groups -OCH3 is 1. The summed E-state index contributed by atoms with van der Waals surface area (Å²) >= 11 is 0. The van der Waals surface area contributed by atoms with Gasteiger partial charge in [0.05, 0.1) is 13.2 Å². The lowest BCUT2D eigenvalue weighted by Gasteiger charge is -2.13. The second kappa shape index (κ2) is 7.98. The Morgan fingerprint density at radius 3 is 2.52 bits per heavy atom. The summed E-state index contributed by atoms with van der Waals surface area (Å²) in [7, 11) is 1.53. The number of rotatable bonds is 6. The minimum absolute atomic E-state index is 0.159. The molecule has 1 N–H and O–H groups in total. The number of carbonyl (C=O) groups excluding carboxylic acids is 2. The fourth-order valence-electron chi connectivity index (χ4n) is 2.03. The molecule has 0 heterocycles. The number of hydrogen-bond donors (Lipinski definition) is 1. The molecule has 0 saturated carbocycles. The first-order chi connectivity index (χ1) is 11.1. The number of amides is 1. The van der Waals surface area contributed by atoms with Crippen LogP contribution in [0.1, 0.15) is 22.8 Å². The standard InChI is InChI=1S/C18H19NO4/c1-13(17(20)15-9-6-10-16(11-15)22-2)19-18(21)23-12-14-7-4-3-5-8-14/h3-11,13H,12H2,1-2H3,(H,19,21). The van der Waals surface area contributed by atoms with E-state index in [-0.39, 0.29) is 12.4 Å². The second-order valence-electron chi connectivity index (χ2n) is 5.02. The van der Waals surface area contributed by atoms with E-state index in [0.717, 1.165) is 5.56 Å². The Morgan fingerprint density at radius 1 is 1.09 bits per heavy atom. The first kappa shape index (κ1) is 16.5. The lowest BCUT2D eigenvalue weighted by Crippen LogP contribution is -2.38. The van der Waals surface area contributed by atoms with Crippen molar-refractivity contribution in [1.29, 1.82) is 0 Å². The average molecular weight is 313 g/mol. The van der Waals surface area contributed by atoms with Crippen LogP contribution in [-0.2, 0) is 11.3 Å². The van der Waals surface area contributed by atoms with E-state index in [1.54, 1.807) is 31.2 Å². The Hall–Kier alpha value is -2.82. The number of alkyl carbamates (subject to hydrolysis) is 1. The summed E-state index contributed by atoms with van der Waals surface area (Å²) in [6, 6.07) is 15.4. The van der Waals surface area contributed by atoms with Gasteiger partial charge in [-0.05, 0) is 24.6 Å². The maximum absolute atomic E-state index is 12.3. The molecule has 2 rings (SSSR count). The lowest BCUT2D eigenvalue weighted by molar-refractivity contribution is 0.0926. The molecule has 120 valence electrons. The third kappa shape index (κ3) is 4.85. The van der Waals surface area contributed by atoms with Crippen molar-refractivity contribution in [3.05, 3.63) is 65.7 Å². The molecule has 5 nitrogen and oxygen atoms in total. The normalized spacial score (nSPS) is 11.4. The zero-order chi connectivity index (χ0) is 16.7. The summed E-state index contributed by atoms with van der Waals surface area (Å²) in [4.78, 5) is 24.1. The van der Waals surface area contributed by atoms with Crippen molar-refractivity contribution < 1.29 is 19.1 Å². The van der Waals surface area contributed by atoms with Crippen LogP contribution in [0.3, 0.4) is 0 Å². The van der Waals surface area contributed by atoms with Crippen molar-refractivity contribution in [1.82, 2.24) is 5.32 Å². The van der Waals surface area contributed by atoms with Gasteiger partial charge in [-0.25, -0.2) is 4.79 Å². The van der Waals surface area contributed by atoms with E-state index in [2.05, 4.69) is 5.32 Å². The molecule has 2 aromatic carbocycles. The van der Waals surface area contributed by atoms with Gasteiger partial charge in [-0.2, -0.15) is 0 Å². The molecule has 0 fully saturated rings. The molecule has 0 aliphatic carbocycles. The average Bonchev–Trinajstić information content (AvgIpc) is 2.60. The second-order valence-corrected chi connectivity index (χ2v) is 5.02. The van der Waals surface area contributed by atoms with Crippen molar-refractivity contribution in [2.24, 2.45) is 0 Å². The highest BCUT2D eigenvalue weighted by Gasteiger charge is 2.18. The summed E-state index contributed by atoms with van der Waals surface area (Å²) in [5.74, 6) is 0.385. The Labute approximate surface area is 135 Å². The highest BCUT2D eigenvalue weighted by atomic mass is 16.5. The molecule has 0 aliphatic rings. The van der Waals surface area contributed by atoms with Gasteiger partial charge in [-0.15, -0.1) is 0 Å². The molecule has 0 aliphatic heterocycles. The monoisotopic (exact) mass is 313 g/mol. The van der Waals surface area contributed by atoms with Gasteiger partial charge in [0, 0.05) is 5.56 Å². The van der Waals surface area contributed by atoms with Crippen LogP contribution in [0.15, 0.2) is 54.6 Å². The number of hydrogen-bond acceptors (Lipinski definition) is 4. The number of ether oxygens (including phenoxy) is 2. The highest BCUT2D eigenvalue weighted by Crippen LogP contribution is 2.14. The van der Waals surface area contributed by atoms with Gasteiger partial charge in [0.2, 0.25) is 0 Å². The van der Waals surface area contributed by atoms with Crippen molar-refractivity contribution in [3.63, 3.8) is 0 Å². The van der Waals surface area contributed by atoms with Crippen molar-refractivity contribution in [3.8, 4) is 5.75 Å². The molecule has 1 atom stereocenters. The molecule has 2 aromatic rings. The van der Waals surface area contributed by atoms with Gasteiger partial charge in [0.25, 0.3) is 0 Å².